The zero-order chi connectivity index (χ0) is 35.8. The molecule has 272 valence electrons. The molecule has 2 N–H and O–H groups in total. The molecule has 51 heavy (non-hydrogen) atoms. The van der Waals surface area contributed by atoms with Crippen molar-refractivity contribution in [3.63, 3.8) is 0 Å². The lowest BCUT2D eigenvalue weighted by atomic mass is 9.99. The first kappa shape index (κ1) is 36.4. The molecule has 0 spiro atoms. The average Bonchev–Trinajstić information content (AvgIpc) is 3.78. The Morgan fingerprint density at radius 2 is 1.47 bits per heavy atom. The van der Waals surface area contributed by atoms with E-state index < -0.39 is 5.60 Å². The minimum absolute atomic E-state index is 0.0760. The maximum atomic E-state index is 13.0. The number of carbonyl (C=O) groups is 3. The Labute approximate surface area is 302 Å². The highest BCUT2D eigenvalue weighted by Gasteiger charge is 2.26. The molecule has 6 rings (SSSR count). The lowest BCUT2D eigenvalue weighted by Gasteiger charge is -2.35. The number of carbonyl (C=O) groups excluding carboxylic acids is 3. The molecule has 0 radical (unpaired) electrons. The summed E-state index contributed by atoms with van der Waals surface area (Å²) in [6.07, 6.45) is 7.46. The van der Waals surface area contributed by atoms with Crippen LogP contribution in [0.5, 0.6) is 0 Å². The van der Waals surface area contributed by atoms with E-state index in [0.717, 1.165) is 79.5 Å². The fourth-order valence-corrected chi connectivity index (χ4v) is 6.97. The monoisotopic (exact) mass is 695 g/mol. The number of aliphatic imine (C=N–C) groups is 2. The lowest BCUT2D eigenvalue weighted by Crippen LogP contribution is -2.51. The summed E-state index contributed by atoms with van der Waals surface area (Å²) in [5, 5.41) is 6.12. The van der Waals surface area contributed by atoms with Gasteiger partial charge in [0.1, 0.15) is 5.60 Å². The first-order valence-electron chi connectivity index (χ1n) is 18.6. The molecule has 11 nitrogen and oxygen atoms in total. The number of rotatable bonds is 11. The van der Waals surface area contributed by atoms with Gasteiger partial charge in [0.25, 0.3) is 5.91 Å². The first-order valence-corrected chi connectivity index (χ1v) is 18.6. The number of piperidine rings is 1. The van der Waals surface area contributed by atoms with E-state index in [-0.39, 0.29) is 17.9 Å². The fourth-order valence-electron chi connectivity index (χ4n) is 6.97. The number of nitrogens with zero attached hydrogens (tertiary/aromatic N) is 5. The number of likely N-dealkylation sites (tertiary alicyclic amines) is 1. The van der Waals surface area contributed by atoms with E-state index in [1.54, 1.807) is 4.90 Å². The van der Waals surface area contributed by atoms with Crippen molar-refractivity contribution in [2.75, 3.05) is 72.0 Å². The molecular formula is C40H53N7O4. The largest absolute Gasteiger partial charge is 0.444 e. The standard InChI is InChI=1S/C40H53N7O4/c1-40(2,3)51-39(50)47-23-21-46(22-24-47)20-16-42-38(49)32-12-13-34-33(26-32)27-36(44-34)31-10-8-30(9-11-31)35-25-29(28-43-35)7-14-37(48)41-15-19-45-17-5-4-6-18-45/h7-13,26H,4-6,14-25,27-28H2,1-3H3,(H,41,48)(H,42,49)/b29-7-. The summed E-state index contributed by atoms with van der Waals surface area (Å²) in [5.41, 5.74) is 7.45. The van der Waals surface area contributed by atoms with Gasteiger partial charge < -0.3 is 25.2 Å². The normalized spacial score (nSPS) is 19.0. The summed E-state index contributed by atoms with van der Waals surface area (Å²) in [6.45, 7) is 14.2. The van der Waals surface area contributed by atoms with Crippen molar-refractivity contribution in [3.8, 4) is 0 Å². The number of amides is 3. The summed E-state index contributed by atoms with van der Waals surface area (Å²) in [4.78, 5) is 53.8. The first-order chi connectivity index (χ1) is 24.6. The maximum Gasteiger partial charge on any atom is 0.410 e. The van der Waals surface area contributed by atoms with Gasteiger partial charge in [-0.15, -0.1) is 0 Å². The third-order valence-corrected chi connectivity index (χ3v) is 9.89. The topological polar surface area (TPSA) is 119 Å². The third kappa shape index (κ3) is 10.4. The van der Waals surface area contributed by atoms with Crippen LogP contribution < -0.4 is 10.6 Å². The van der Waals surface area contributed by atoms with Gasteiger partial charge in [-0.25, -0.2) is 4.79 Å². The summed E-state index contributed by atoms with van der Waals surface area (Å²) in [6, 6.07) is 14.1. The highest BCUT2D eigenvalue weighted by Crippen LogP contribution is 2.30. The second kappa shape index (κ2) is 16.8. The van der Waals surface area contributed by atoms with Crippen LogP contribution in [0.15, 0.2) is 64.1 Å². The van der Waals surface area contributed by atoms with Crippen molar-refractivity contribution in [3.05, 3.63) is 76.4 Å². The van der Waals surface area contributed by atoms with Gasteiger partial charge >= 0.3 is 6.09 Å². The Morgan fingerprint density at radius 1 is 0.804 bits per heavy atom. The minimum Gasteiger partial charge on any atom is -0.444 e. The van der Waals surface area contributed by atoms with E-state index >= 15 is 0 Å². The molecule has 2 aromatic carbocycles. The molecule has 0 saturated carbocycles. The Balaban J connectivity index is 0.910. The molecule has 2 aromatic rings. The van der Waals surface area contributed by atoms with Crippen LogP contribution in [0.2, 0.25) is 0 Å². The Kier molecular flexibility index (Phi) is 12.0. The Morgan fingerprint density at radius 3 is 2.18 bits per heavy atom. The molecule has 2 saturated heterocycles. The van der Waals surface area contributed by atoms with Crippen molar-refractivity contribution >= 4 is 35.0 Å². The van der Waals surface area contributed by atoms with Gasteiger partial charge in [-0.05, 0) is 87.2 Å². The van der Waals surface area contributed by atoms with Crippen molar-refractivity contribution in [2.45, 2.75) is 64.9 Å². The fraction of sp³-hybridized carbons (Fsp3) is 0.525. The van der Waals surface area contributed by atoms with Crippen molar-refractivity contribution in [1.82, 2.24) is 25.3 Å². The van der Waals surface area contributed by atoms with Crippen LogP contribution in [0.25, 0.3) is 0 Å². The highest BCUT2D eigenvalue weighted by atomic mass is 16.6. The van der Waals surface area contributed by atoms with Crippen LogP contribution in [0.3, 0.4) is 0 Å². The van der Waals surface area contributed by atoms with Crippen molar-refractivity contribution in [1.29, 1.82) is 0 Å². The second-order valence-corrected chi connectivity index (χ2v) is 15.0. The van der Waals surface area contributed by atoms with Gasteiger partial charge in [0.15, 0.2) is 0 Å². The Hall–Kier alpha value is -4.35. The van der Waals surface area contributed by atoms with Gasteiger partial charge in [0, 0.05) is 82.9 Å². The van der Waals surface area contributed by atoms with Crippen molar-refractivity contribution in [2.24, 2.45) is 9.98 Å². The van der Waals surface area contributed by atoms with Crippen LogP contribution in [-0.2, 0) is 16.0 Å². The van der Waals surface area contributed by atoms with E-state index in [9.17, 15) is 14.4 Å². The molecule has 0 aliphatic carbocycles. The average molecular weight is 696 g/mol. The van der Waals surface area contributed by atoms with Gasteiger partial charge in [-0.1, -0.05) is 36.8 Å². The molecule has 2 fully saturated rings. The van der Waals surface area contributed by atoms with Gasteiger partial charge in [-0.3, -0.25) is 24.5 Å². The predicted octanol–water partition coefficient (Wildman–Crippen LogP) is 4.76. The maximum absolute atomic E-state index is 13.0. The number of ether oxygens (including phenoxy) is 1. The lowest BCUT2D eigenvalue weighted by molar-refractivity contribution is -0.120. The van der Waals surface area contributed by atoms with Crippen LogP contribution in [0.1, 0.15) is 79.9 Å². The van der Waals surface area contributed by atoms with Gasteiger partial charge in [-0.2, -0.15) is 0 Å². The summed E-state index contributed by atoms with van der Waals surface area (Å²) >= 11 is 0. The number of hydrogen-bond donors (Lipinski definition) is 2. The molecule has 3 amide bonds. The molecule has 11 heteroatoms. The quantitative estimate of drug-likeness (QED) is 0.328. The van der Waals surface area contributed by atoms with E-state index in [4.69, 9.17) is 14.7 Å². The number of nitrogens with one attached hydrogen (secondary N) is 2. The van der Waals surface area contributed by atoms with E-state index in [0.29, 0.717) is 51.1 Å². The molecule has 0 unspecified atom stereocenters. The van der Waals surface area contributed by atoms with Crippen LogP contribution in [-0.4, -0.2) is 122 Å². The van der Waals surface area contributed by atoms with E-state index in [1.807, 2.05) is 45.0 Å². The molecular weight excluding hydrogens is 642 g/mol. The Bertz CT molecular complexity index is 1660. The van der Waals surface area contributed by atoms with Crippen LogP contribution in [0, 0.1) is 0 Å². The SMILES string of the molecule is CC(C)(C)OC(=O)N1CCN(CCNC(=O)c2ccc3c(c2)CC(c2ccc(C4=NC/C(=C\CC(=O)NCCN5CCCCC5)C4)cc2)=N3)CC1. The molecule has 4 heterocycles. The summed E-state index contributed by atoms with van der Waals surface area (Å²) in [7, 11) is 0. The highest BCUT2D eigenvalue weighted by molar-refractivity contribution is 6.09. The zero-order valence-corrected chi connectivity index (χ0v) is 30.5. The summed E-state index contributed by atoms with van der Waals surface area (Å²) in [5.74, 6) is -0.0192. The third-order valence-electron chi connectivity index (χ3n) is 9.89. The number of piperazine rings is 1. The minimum atomic E-state index is -0.501. The predicted molar refractivity (Wildman–Crippen MR) is 201 cm³/mol. The molecule has 4 aliphatic heterocycles. The number of hydrogen-bond acceptors (Lipinski definition) is 8. The zero-order valence-electron chi connectivity index (χ0n) is 30.5. The van der Waals surface area contributed by atoms with Crippen LogP contribution in [0.4, 0.5) is 10.5 Å². The van der Waals surface area contributed by atoms with Gasteiger partial charge in [0.2, 0.25) is 5.91 Å². The van der Waals surface area contributed by atoms with Crippen molar-refractivity contribution < 1.29 is 19.1 Å². The molecule has 0 aromatic heterocycles. The van der Waals surface area contributed by atoms with Crippen LogP contribution >= 0.6 is 0 Å². The number of benzene rings is 2. The second-order valence-electron chi connectivity index (χ2n) is 15.0. The van der Waals surface area contributed by atoms with Gasteiger partial charge in [0.05, 0.1) is 17.9 Å². The molecule has 0 atom stereocenters. The van der Waals surface area contributed by atoms with E-state index in [1.165, 1.54) is 24.8 Å². The smallest absolute Gasteiger partial charge is 0.410 e. The molecule has 0 bridgehead atoms. The summed E-state index contributed by atoms with van der Waals surface area (Å²) < 4.78 is 5.48. The molecule has 4 aliphatic rings. The number of fused-ring (bicyclic) bond motifs is 1. The van der Waals surface area contributed by atoms with E-state index in [2.05, 4.69) is 44.7 Å².